The van der Waals surface area contributed by atoms with Crippen LogP contribution in [-0.4, -0.2) is 19.9 Å². The highest BCUT2D eigenvalue weighted by molar-refractivity contribution is 5.88. The summed E-state index contributed by atoms with van der Waals surface area (Å²) in [5, 5.41) is 4.69. The first-order valence-corrected chi connectivity index (χ1v) is 14.7. The molecule has 2 heterocycles. The van der Waals surface area contributed by atoms with E-state index in [4.69, 9.17) is 19.9 Å². The van der Waals surface area contributed by atoms with Crippen molar-refractivity contribution < 1.29 is 0 Å². The highest BCUT2D eigenvalue weighted by Crippen LogP contribution is 2.37. The lowest BCUT2D eigenvalue weighted by molar-refractivity contribution is 0.760. The Bertz CT molecular complexity index is 2080. The van der Waals surface area contributed by atoms with Crippen molar-refractivity contribution in [3.63, 3.8) is 0 Å². The smallest absolute Gasteiger partial charge is 0.164 e. The van der Waals surface area contributed by atoms with Crippen LogP contribution >= 0.6 is 0 Å². The lowest BCUT2D eigenvalue weighted by Gasteiger charge is -2.22. The Morgan fingerprint density at radius 2 is 1.02 bits per heavy atom. The van der Waals surface area contributed by atoms with E-state index in [1.54, 1.807) is 0 Å². The second-order valence-electron chi connectivity index (χ2n) is 11.2. The molecule has 8 rings (SSSR count). The van der Waals surface area contributed by atoms with Crippen molar-refractivity contribution in [2.75, 3.05) is 0 Å². The molecular weight excluding hydrogens is 524 g/mol. The van der Waals surface area contributed by atoms with Crippen LogP contribution in [0.25, 0.3) is 61.3 Å². The molecule has 0 spiro atoms. The van der Waals surface area contributed by atoms with Crippen LogP contribution in [0, 0.1) is 0 Å². The average molecular weight is 553 g/mol. The van der Waals surface area contributed by atoms with Gasteiger partial charge in [-0.3, -0.25) is 4.98 Å². The van der Waals surface area contributed by atoms with Crippen molar-refractivity contribution in [3.05, 3.63) is 150 Å². The summed E-state index contributed by atoms with van der Waals surface area (Å²) >= 11 is 0. The Morgan fingerprint density at radius 1 is 0.512 bits per heavy atom. The summed E-state index contributed by atoms with van der Waals surface area (Å²) in [7, 11) is 0. The minimum Gasteiger partial charge on any atom is -0.256 e. The van der Waals surface area contributed by atoms with E-state index in [9.17, 15) is 0 Å². The van der Waals surface area contributed by atoms with Gasteiger partial charge in [0.2, 0.25) is 0 Å². The van der Waals surface area contributed by atoms with Gasteiger partial charge < -0.3 is 0 Å². The van der Waals surface area contributed by atoms with Gasteiger partial charge in [0.05, 0.1) is 5.69 Å². The largest absolute Gasteiger partial charge is 0.256 e. The number of allylic oxidation sites excluding steroid dienone is 1. The van der Waals surface area contributed by atoms with E-state index in [-0.39, 0.29) is 0 Å². The zero-order chi connectivity index (χ0) is 28.8. The molecule has 0 radical (unpaired) electrons. The molecule has 0 aliphatic heterocycles. The van der Waals surface area contributed by atoms with E-state index in [1.165, 1.54) is 21.9 Å². The lowest BCUT2D eigenvalue weighted by Crippen LogP contribution is -2.07. The van der Waals surface area contributed by atoms with Crippen molar-refractivity contribution in [1.29, 1.82) is 0 Å². The van der Waals surface area contributed by atoms with Gasteiger partial charge in [-0.1, -0.05) is 116 Å². The molecule has 0 bridgehead atoms. The molecule has 43 heavy (non-hydrogen) atoms. The van der Waals surface area contributed by atoms with Gasteiger partial charge in [0.15, 0.2) is 17.5 Å². The Labute approximate surface area is 250 Å². The maximum Gasteiger partial charge on any atom is 0.164 e. The molecule has 7 aromatic rings. The summed E-state index contributed by atoms with van der Waals surface area (Å²) in [6.07, 6.45) is 5.20. The van der Waals surface area contributed by atoms with Crippen molar-refractivity contribution in [2.45, 2.75) is 19.3 Å². The molecule has 1 aliphatic carbocycles. The van der Waals surface area contributed by atoms with Crippen LogP contribution in [0.4, 0.5) is 0 Å². The highest BCUT2D eigenvalue weighted by atomic mass is 15.0. The van der Waals surface area contributed by atoms with Crippen molar-refractivity contribution in [2.24, 2.45) is 0 Å². The van der Waals surface area contributed by atoms with Gasteiger partial charge in [-0.25, -0.2) is 15.0 Å². The van der Waals surface area contributed by atoms with E-state index in [0.29, 0.717) is 23.4 Å². The molecule has 0 saturated heterocycles. The van der Waals surface area contributed by atoms with Gasteiger partial charge in [0.1, 0.15) is 0 Å². The molecular formula is C39H28N4. The summed E-state index contributed by atoms with van der Waals surface area (Å²) in [5.41, 5.74) is 7.59. The molecule has 0 amide bonds. The molecule has 2 aromatic heterocycles. The van der Waals surface area contributed by atoms with E-state index in [2.05, 4.69) is 128 Å². The number of rotatable bonds is 4. The molecule has 1 aliphatic rings. The highest BCUT2D eigenvalue weighted by Gasteiger charge is 2.20. The number of benzene rings is 5. The number of nitrogens with zero attached hydrogens (tertiary/aromatic N) is 4. The monoisotopic (exact) mass is 552 g/mol. The molecule has 4 nitrogen and oxygen atoms in total. The predicted molar refractivity (Wildman–Crippen MR) is 175 cm³/mol. The summed E-state index contributed by atoms with van der Waals surface area (Å²) < 4.78 is 0. The van der Waals surface area contributed by atoms with Crippen molar-refractivity contribution in [1.82, 2.24) is 19.9 Å². The summed E-state index contributed by atoms with van der Waals surface area (Å²) in [5.74, 6) is 2.44. The maximum atomic E-state index is 5.01. The van der Waals surface area contributed by atoms with Gasteiger partial charge in [-0.15, -0.1) is 0 Å². The summed E-state index contributed by atoms with van der Waals surface area (Å²) in [6.45, 7) is 2.26. The van der Waals surface area contributed by atoms with Gasteiger partial charge in [0, 0.05) is 28.5 Å². The Hall–Kier alpha value is -5.48. The van der Waals surface area contributed by atoms with Gasteiger partial charge in [-0.2, -0.15) is 0 Å². The fraction of sp³-hybridized carbons (Fsp3) is 0.0769. The maximum absolute atomic E-state index is 5.01. The zero-order valence-electron chi connectivity index (χ0n) is 23.8. The molecule has 0 N–H and O–H groups in total. The molecule has 1 unspecified atom stereocenters. The van der Waals surface area contributed by atoms with Crippen LogP contribution in [0.3, 0.4) is 0 Å². The minimum absolute atomic E-state index is 0.471. The first-order chi connectivity index (χ1) is 21.2. The number of pyridine rings is 1. The van der Waals surface area contributed by atoms with Crippen LogP contribution in [0.1, 0.15) is 36.1 Å². The Balaban J connectivity index is 1.24. The summed E-state index contributed by atoms with van der Waals surface area (Å²) in [6, 6.07) is 42.2. The average Bonchev–Trinajstić information content (AvgIpc) is 3.08. The normalized spacial score (nSPS) is 14.4. The van der Waals surface area contributed by atoms with Crippen LogP contribution in [0.2, 0.25) is 0 Å². The second-order valence-corrected chi connectivity index (χ2v) is 11.2. The Kier molecular flexibility index (Phi) is 6.11. The Morgan fingerprint density at radius 3 is 1.63 bits per heavy atom. The van der Waals surface area contributed by atoms with E-state index in [1.807, 2.05) is 12.3 Å². The van der Waals surface area contributed by atoms with Gasteiger partial charge in [-0.05, 0) is 63.2 Å². The third kappa shape index (κ3) is 4.67. The molecule has 4 heteroatoms. The van der Waals surface area contributed by atoms with E-state index < -0.39 is 0 Å². The van der Waals surface area contributed by atoms with Crippen LogP contribution in [0.15, 0.2) is 134 Å². The molecule has 0 saturated carbocycles. The molecule has 1 atom stereocenters. The van der Waals surface area contributed by atoms with E-state index >= 15 is 0 Å². The lowest BCUT2D eigenvalue weighted by atomic mass is 9.84. The molecule has 5 aromatic carbocycles. The van der Waals surface area contributed by atoms with Crippen LogP contribution in [0.5, 0.6) is 0 Å². The number of hydrogen-bond donors (Lipinski definition) is 0. The predicted octanol–water partition coefficient (Wildman–Crippen LogP) is 9.51. The third-order valence-corrected chi connectivity index (χ3v) is 8.41. The van der Waals surface area contributed by atoms with Crippen LogP contribution in [-0.2, 0) is 0 Å². The van der Waals surface area contributed by atoms with Gasteiger partial charge in [0.25, 0.3) is 0 Å². The van der Waals surface area contributed by atoms with E-state index in [0.717, 1.165) is 45.1 Å². The SMILES string of the molecule is CC1CC=C(c2ccc(-c3nc(-c4ccc5ccccc5c4)nc(-c4ccc5ccccc5c4)n3)cc2)c2ncccc21. The third-order valence-electron chi connectivity index (χ3n) is 8.41. The first kappa shape index (κ1) is 25.2. The number of aromatic nitrogens is 4. The standard InChI is InChI=1S/C39H28N4/c1-25-12-21-35(36-34(25)11-6-22-40-36)28-15-17-29(18-16-28)37-41-38(32-19-13-26-7-2-4-9-30(26)23-32)43-39(42-37)33-20-14-27-8-3-5-10-31(27)24-33/h2-11,13-25H,12H2,1H3. The zero-order valence-corrected chi connectivity index (χ0v) is 23.8. The fourth-order valence-corrected chi connectivity index (χ4v) is 6.03. The fourth-order valence-electron chi connectivity index (χ4n) is 6.03. The second kappa shape index (κ2) is 10.4. The van der Waals surface area contributed by atoms with Gasteiger partial charge >= 0.3 is 0 Å². The van der Waals surface area contributed by atoms with Crippen molar-refractivity contribution in [3.8, 4) is 34.2 Å². The number of fused-ring (bicyclic) bond motifs is 3. The minimum atomic E-state index is 0.471. The van der Waals surface area contributed by atoms with Crippen molar-refractivity contribution >= 4 is 27.1 Å². The quantitative estimate of drug-likeness (QED) is 0.218. The number of hydrogen-bond acceptors (Lipinski definition) is 4. The first-order valence-electron chi connectivity index (χ1n) is 14.7. The summed E-state index contributed by atoms with van der Waals surface area (Å²) in [4.78, 5) is 19.8. The topological polar surface area (TPSA) is 51.6 Å². The molecule has 0 fully saturated rings. The molecule has 204 valence electrons. The van der Waals surface area contributed by atoms with Crippen LogP contribution < -0.4 is 0 Å².